The topological polar surface area (TPSA) is 32.8 Å². The Morgan fingerprint density at radius 1 is 1.08 bits per heavy atom. The molecule has 2 aliphatic rings. The smallest absolute Gasteiger partial charge is 0.236 e. The minimum atomic E-state index is 0.310. The molecule has 0 atom stereocenters. The molecule has 2 saturated heterocycles. The molecule has 5 heteroatoms. The van der Waals surface area contributed by atoms with Crippen LogP contribution in [-0.4, -0.2) is 55.0 Å². The third-order valence-corrected chi connectivity index (χ3v) is 5.31. The first-order valence-corrected chi connectivity index (χ1v) is 9.41. The third-order valence-electron chi connectivity index (χ3n) is 5.06. The van der Waals surface area contributed by atoms with Gasteiger partial charge in [0.2, 0.25) is 5.91 Å². The van der Waals surface area contributed by atoms with Crippen molar-refractivity contribution in [1.29, 1.82) is 0 Å². The first-order chi connectivity index (χ1) is 11.7. The van der Waals surface area contributed by atoms with E-state index < -0.39 is 0 Å². The molecule has 1 amide bonds. The summed E-state index contributed by atoms with van der Waals surface area (Å²) in [6.07, 6.45) is 4.57. The van der Waals surface area contributed by atoms with Gasteiger partial charge in [0, 0.05) is 24.7 Å². The molecule has 3 rings (SSSR count). The summed E-state index contributed by atoms with van der Waals surface area (Å²) in [5, 5.41) is 0.759. The summed E-state index contributed by atoms with van der Waals surface area (Å²) in [5.41, 5.74) is 1.16. The average molecular weight is 351 g/mol. The normalized spacial score (nSPS) is 19.8. The number of amides is 1. The standard InChI is InChI=1S/C19H27ClN2O2/c20-18-5-3-16(4-6-18)14-24-15-17-7-11-21(12-8-17)13-19(23)22-9-1-2-10-22/h3-6,17H,1-2,7-15H2. The van der Waals surface area contributed by atoms with Crippen LogP contribution in [0, 0.1) is 5.92 Å². The summed E-state index contributed by atoms with van der Waals surface area (Å²) in [6.45, 7) is 5.96. The van der Waals surface area contributed by atoms with E-state index in [2.05, 4.69) is 4.90 Å². The molecule has 0 aliphatic carbocycles. The van der Waals surface area contributed by atoms with Crippen molar-refractivity contribution in [3.8, 4) is 0 Å². The molecule has 0 unspecified atom stereocenters. The van der Waals surface area contributed by atoms with E-state index in [1.807, 2.05) is 29.2 Å². The fraction of sp³-hybridized carbons (Fsp3) is 0.632. The minimum absolute atomic E-state index is 0.310. The number of benzene rings is 1. The highest BCUT2D eigenvalue weighted by molar-refractivity contribution is 6.30. The van der Waals surface area contributed by atoms with Crippen LogP contribution in [0.1, 0.15) is 31.2 Å². The molecule has 4 nitrogen and oxygen atoms in total. The summed E-state index contributed by atoms with van der Waals surface area (Å²) in [7, 11) is 0. The fourth-order valence-corrected chi connectivity index (χ4v) is 3.62. The Hall–Kier alpha value is -1.10. The molecular weight excluding hydrogens is 324 g/mol. The molecule has 132 valence electrons. The summed E-state index contributed by atoms with van der Waals surface area (Å²) in [4.78, 5) is 16.5. The van der Waals surface area contributed by atoms with Gasteiger partial charge < -0.3 is 9.64 Å². The molecule has 2 fully saturated rings. The number of ether oxygens (including phenoxy) is 1. The van der Waals surface area contributed by atoms with Gasteiger partial charge in [-0.25, -0.2) is 0 Å². The molecular formula is C19H27ClN2O2. The summed E-state index contributed by atoms with van der Waals surface area (Å²) in [6, 6.07) is 7.82. The van der Waals surface area contributed by atoms with Gasteiger partial charge in [0.05, 0.1) is 13.2 Å². The van der Waals surface area contributed by atoms with Crippen molar-refractivity contribution in [2.45, 2.75) is 32.3 Å². The van der Waals surface area contributed by atoms with E-state index in [1.165, 1.54) is 12.8 Å². The summed E-state index contributed by atoms with van der Waals surface area (Å²) in [5.74, 6) is 0.917. The van der Waals surface area contributed by atoms with Crippen molar-refractivity contribution in [1.82, 2.24) is 9.80 Å². The van der Waals surface area contributed by atoms with E-state index in [0.29, 0.717) is 25.0 Å². The van der Waals surface area contributed by atoms with Crippen molar-refractivity contribution in [3.63, 3.8) is 0 Å². The Bertz CT molecular complexity index is 521. The molecule has 2 aliphatic heterocycles. The number of carbonyl (C=O) groups excluding carboxylic acids is 1. The van der Waals surface area contributed by atoms with Crippen molar-refractivity contribution < 1.29 is 9.53 Å². The van der Waals surface area contributed by atoms with Crippen LogP contribution in [0.4, 0.5) is 0 Å². The van der Waals surface area contributed by atoms with E-state index in [4.69, 9.17) is 16.3 Å². The lowest BCUT2D eigenvalue weighted by Gasteiger charge is -2.32. The molecule has 2 heterocycles. The van der Waals surface area contributed by atoms with Gasteiger partial charge in [0.15, 0.2) is 0 Å². The van der Waals surface area contributed by atoms with Gasteiger partial charge in [-0.1, -0.05) is 23.7 Å². The third kappa shape index (κ3) is 5.20. The fourth-order valence-electron chi connectivity index (χ4n) is 3.49. The summed E-state index contributed by atoms with van der Waals surface area (Å²) < 4.78 is 5.86. The van der Waals surface area contributed by atoms with Crippen LogP contribution in [0.25, 0.3) is 0 Å². The van der Waals surface area contributed by atoms with E-state index >= 15 is 0 Å². The molecule has 0 spiro atoms. The molecule has 1 aromatic carbocycles. The Morgan fingerprint density at radius 2 is 1.75 bits per heavy atom. The Balaban J connectivity index is 1.31. The van der Waals surface area contributed by atoms with E-state index in [1.54, 1.807) is 0 Å². The van der Waals surface area contributed by atoms with Crippen LogP contribution < -0.4 is 0 Å². The number of hydrogen-bond donors (Lipinski definition) is 0. The van der Waals surface area contributed by atoms with Crippen molar-refractivity contribution in [2.24, 2.45) is 5.92 Å². The van der Waals surface area contributed by atoms with Crippen LogP contribution in [0.5, 0.6) is 0 Å². The first-order valence-electron chi connectivity index (χ1n) is 9.03. The molecule has 1 aromatic rings. The van der Waals surface area contributed by atoms with E-state index in [9.17, 15) is 4.79 Å². The lowest BCUT2D eigenvalue weighted by Crippen LogP contribution is -2.43. The SMILES string of the molecule is O=C(CN1CCC(COCc2ccc(Cl)cc2)CC1)N1CCCC1. The number of halogens is 1. The quantitative estimate of drug-likeness (QED) is 0.790. The molecule has 0 radical (unpaired) electrons. The molecule has 0 saturated carbocycles. The van der Waals surface area contributed by atoms with Gasteiger partial charge in [-0.3, -0.25) is 9.69 Å². The van der Waals surface area contributed by atoms with Crippen LogP contribution in [0.15, 0.2) is 24.3 Å². The Labute approximate surface area is 149 Å². The number of nitrogens with zero attached hydrogens (tertiary/aromatic N) is 2. The number of rotatable bonds is 6. The average Bonchev–Trinajstić information content (AvgIpc) is 3.13. The maximum absolute atomic E-state index is 12.2. The zero-order valence-corrected chi connectivity index (χ0v) is 15.0. The number of hydrogen-bond acceptors (Lipinski definition) is 3. The largest absolute Gasteiger partial charge is 0.376 e. The van der Waals surface area contributed by atoms with Crippen molar-refractivity contribution >= 4 is 17.5 Å². The predicted molar refractivity (Wildman–Crippen MR) is 96.1 cm³/mol. The van der Waals surface area contributed by atoms with Gasteiger partial charge >= 0.3 is 0 Å². The van der Waals surface area contributed by atoms with Gasteiger partial charge in [-0.15, -0.1) is 0 Å². The van der Waals surface area contributed by atoms with Crippen molar-refractivity contribution in [3.05, 3.63) is 34.9 Å². The molecule has 0 bridgehead atoms. The number of carbonyl (C=O) groups is 1. The van der Waals surface area contributed by atoms with Gasteiger partial charge in [-0.05, 0) is 62.4 Å². The second-order valence-electron chi connectivity index (χ2n) is 6.95. The summed E-state index contributed by atoms with van der Waals surface area (Å²) >= 11 is 5.89. The Kier molecular flexibility index (Phi) is 6.52. The number of piperidine rings is 1. The highest BCUT2D eigenvalue weighted by atomic mass is 35.5. The van der Waals surface area contributed by atoms with E-state index in [0.717, 1.165) is 56.2 Å². The maximum atomic E-state index is 12.2. The van der Waals surface area contributed by atoms with Crippen LogP contribution in [0.3, 0.4) is 0 Å². The first kappa shape index (κ1) is 17.7. The predicted octanol–water partition coefficient (Wildman–Crippen LogP) is 3.19. The lowest BCUT2D eigenvalue weighted by atomic mass is 9.98. The van der Waals surface area contributed by atoms with Crippen LogP contribution in [0.2, 0.25) is 5.02 Å². The van der Waals surface area contributed by atoms with Gasteiger partial charge in [0.1, 0.15) is 0 Å². The Morgan fingerprint density at radius 3 is 2.42 bits per heavy atom. The highest BCUT2D eigenvalue weighted by Crippen LogP contribution is 2.19. The molecule has 0 N–H and O–H groups in total. The maximum Gasteiger partial charge on any atom is 0.236 e. The van der Waals surface area contributed by atoms with Crippen molar-refractivity contribution in [2.75, 3.05) is 39.3 Å². The van der Waals surface area contributed by atoms with Crippen LogP contribution >= 0.6 is 11.6 Å². The second kappa shape index (κ2) is 8.84. The van der Waals surface area contributed by atoms with Crippen LogP contribution in [-0.2, 0) is 16.1 Å². The lowest BCUT2D eigenvalue weighted by molar-refractivity contribution is -0.131. The zero-order valence-electron chi connectivity index (χ0n) is 14.3. The second-order valence-corrected chi connectivity index (χ2v) is 7.39. The highest BCUT2D eigenvalue weighted by Gasteiger charge is 2.24. The molecule has 0 aromatic heterocycles. The minimum Gasteiger partial charge on any atom is -0.376 e. The molecule has 24 heavy (non-hydrogen) atoms. The van der Waals surface area contributed by atoms with E-state index in [-0.39, 0.29) is 0 Å². The monoisotopic (exact) mass is 350 g/mol. The van der Waals surface area contributed by atoms with Gasteiger partial charge in [-0.2, -0.15) is 0 Å². The zero-order chi connectivity index (χ0) is 16.8. The van der Waals surface area contributed by atoms with Gasteiger partial charge in [0.25, 0.3) is 0 Å². The number of likely N-dealkylation sites (tertiary alicyclic amines) is 2.